The summed E-state index contributed by atoms with van der Waals surface area (Å²) in [6.45, 7) is 6.26. The van der Waals surface area contributed by atoms with Crippen LogP contribution in [0.3, 0.4) is 0 Å². The third kappa shape index (κ3) is 4.15. The average molecular weight is 397 g/mol. The van der Waals surface area contributed by atoms with E-state index in [1.807, 2.05) is 12.1 Å². The van der Waals surface area contributed by atoms with E-state index >= 15 is 0 Å². The largest absolute Gasteiger partial charge is 0.464 e. The van der Waals surface area contributed by atoms with E-state index in [9.17, 15) is 15.3 Å². The number of rotatable bonds is 2. The molecule has 0 saturated carbocycles. The molecule has 0 unspecified atom stereocenters. The molecular weight excluding hydrogens is 380 g/mol. The Morgan fingerprint density at radius 3 is 2.33 bits per heavy atom. The number of carbonyl (C=O) groups is 1. The van der Waals surface area contributed by atoms with Crippen LogP contribution in [0.5, 0.6) is 0 Å². The van der Waals surface area contributed by atoms with Gasteiger partial charge in [-0.3, -0.25) is 0 Å². The first-order chi connectivity index (χ1) is 12.6. The van der Waals surface area contributed by atoms with Gasteiger partial charge in [0.2, 0.25) is 0 Å². The summed E-state index contributed by atoms with van der Waals surface area (Å²) in [5.41, 5.74) is 10.5. The van der Waals surface area contributed by atoms with Crippen LogP contribution in [0.4, 0.5) is 5.69 Å². The molecule has 27 heavy (non-hydrogen) atoms. The van der Waals surface area contributed by atoms with Crippen molar-refractivity contribution in [1.82, 2.24) is 4.57 Å². The Morgan fingerprint density at radius 1 is 1.19 bits per heavy atom. The lowest BCUT2D eigenvalue weighted by molar-refractivity contribution is 0.0593. The minimum Gasteiger partial charge on any atom is -0.464 e. The quantitative estimate of drug-likeness (QED) is 0.475. The van der Waals surface area contributed by atoms with Gasteiger partial charge in [-0.25, -0.2) is 4.79 Å². The molecule has 8 heteroatoms. The van der Waals surface area contributed by atoms with Crippen LogP contribution in [0.1, 0.15) is 27.2 Å². The summed E-state index contributed by atoms with van der Waals surface area (Å²) in [5, 5.41) is 18.8. The van der Waals surface area contributed by atoms with Crippen LogP contribution in [-0.2, 0) is 4.74 Å². The number of hydrogen-bond acceptors (Lipinski definition) is 5. The molecule has 0 amide bonds. The zero-order valence-electron chi connectivity index (χ0n) is 15.3. The number of benzene rings is 1. The molecule has 2 N–H and O–H groups in total. The number of halogens is 1. The highest BCUT2D eigenvalue weighted by Gasteiger charge is 2.23. The Balaban J connectivity index is 2.88. The average Bonchev–Trinajstić information content (AvgIpc) is 2.95. The lowest BCUT2D eigenvalue weighted by Crippen LogP contribution is -2.16. The second-order valence-electron chi connectivity index (χ2n) is 6.74. The molecule has 0 aliphatic rings. The third-order valence-corrected chi connectivity index (χ3v) is 4.77. The van der Waals surface area contributed by atoms with E-state index in [0.29, 0.717) is 11.3 Å². The zero-order valence-corrected chi connectivity index (χ0v) is 17.1. The van der Waals surface area contributed by atoms with Gasteiger partial charge >= 0.3 is 5.97 Å². The maximum absolute atomic E-state index is 12.2. The van der Waals surface area contributed by atoms with Crippen molar-refractivity contribution in [3.63, 3.8) is 0 Å². The van der Waals surface area contributed by atoms with E-state index in [-0.39, 0.29) is 27.5 Å². The highest BCUT2D eigenvalue weighted by Crippen LogP contribution is 2.29. The fraction of sp³-hybridized carbons (Fsp3) is 0.211. The predicted octanol–water partition coefficient (Wildman–Crippen LogP) is 3.47. The van der Waals surface area contributed by atoms with Crippen LogP contribution in [0.15, 0.2) is 18.3 Å². The molecular formula is C19H17ClN4O2Si. The molecule has 136 valence electrons. The molecule has 6 nitrogen and oxygen atoms in total. The number of hydrogen-bond donors (Lipinski definition) is 1. The molecule has 0 saturated heterocycles. The molecule has 0 fully saturated rings. The molecule has 0 atom stereocenters. The summed E-state index contributed by atoms with van der Waals surface area (Å²) < 4.78 is 6.23. The maximum Gasteiger partial charge on any atom is 0.357 e. The van der Waals surface area contributed by atoms with Gasteiger partial charge in [0.25, 0.3) is 0 Å². The smallest absolute Gasteiger partial charge is 0.357 e. The topological polar surface area (TPSA) is 105 Å². The van der Waals surface area contributed by atoms with Gasteiger partial charge in [0, 0.05) is 11.8 Å². The maximum atomic E-state index is 12.2. The van der Waals surface area contributed by atoms with Crippen molar-refractivity contribution in [3.8, 4) is 29.3 Å². The van der Waals surface area contributed by atoms with E-state index in [2.05, 4.69) is 31.1 Å². The molecule has 2 aromatic rings. The molecule has 0 aliphatic carbocycles. The summed E-state index contributed by atoms with van der Waals surface area (Å²) in [5.74, 6) is 2.39. The van der Waals surface area contributed by atoms with Gasteiger partial charge in [0.1, 0.15) is 20.2 Å². The summed E-state index contributed by atoms with van der Waals surface area (Å²) in [6.07, 6.45) is 1.43. The molecule has 0 aliphatic heterocycles. The monoisotopic (exact) mass is 396 g/mol. The van der Waals surface area contributed by atoms with Gasteiger partial charge in [-0.2, -0.15) is 10.5 Å². The first-order valence-electron chi connectivity index (χ1n) is 7.89. The number of aromatic nitrogens is 1. The Kier molecular flexibility index (Phi) is 5.66. The summed E-state index contributed by atoms with van der Waals surface area (Å²) in [6, 6.07) is 7.06. The van der Waals surface area contributed by atoms with Crippen molar-refractivity contribution in [3.05, 3.63) is 45.7 Å². The summed E-state index contributed by atoms with van der Waals surface area (Å²) in [7, 11) is -0.490. The Hall–Kier alpha value is -3.18. The number of nitriles is 2. The Bertz CT molecular complexity index is 1070. The van der Waals surface area contributed by atoms with E-state index in [1.165, 1.54) is 23.9 Å². The number of methoxy groups -OCH3 is 1. The van der Waals surface area contributed by atoms with Crippen LogP contribution in [0.25, 0.3) is 5.69 Å². The normalized spacial score (nSPS) is 10.3. The summed E-state index contributed by atoms with van der Waals surface area (Å²) >= 11 is 6.20. The van der Waals surface area contributed by atoms with E-state index < -0.39 is 14.0 Å². The van der Waals surface area contributed by atoms with Gasteiger partial charge < -0.3 is 15.0 Å². The van der Waals surface area contributed by atoms with Crippen molar-refractivity contribution in [2.75, 3.05) is 12.8 Å². The predicted molar refractivity (Wildman–Crippen MR) is 106 cm³/mol. The van der Waals surface area contributed by atoms with Gasteiger partial charge in [0.05, 0.1) is 34.6 Å². The van der Waals surface area contributed by atoms with Crippen molar-refractivity contribution >= 4 is 31.3 Å². The van der Waals surface area contributed by atoms with E-state index in [0.717, 1.165) is 0 Å². The molecule has 1 aromatic carbocycles. The van der Waals surface area contributed by atoms with Gasteiger partial charge in [-0.15, -0.1) is 5.54 Å². The SMILES string of the molecule is COC(=O)c1c(N)c(C#N)cn1-c1cc(Cl)c(C#N)cc1C#C[Si](C)(C)C. The van der Waals surface area contributed by atoms with Crippen molar-refractivity contribution in [1.29, 1.82) is 10.5 Å². The van der Waals surface area contributed by atoms with Crippen LogP contribution in [0.2, 0.25) is 24.7 Å². The highest BCUT2D eigenvalue weighted by molar-refractivity contribution is 6.83. The van der Waals surface area contributed by atoms with Crippen LogP contribution >= 0.6 is 11.6 Å². The van der Waals surface area contributed by atoms with Gasteiger partial charge in [-0.05, 0) is 12.1 Å². The van der Waals surface area contributed by atoms with Crippen molar-refractivity contribution in [2.45, 2.75) is 19.6 Å². The minimum absolute atomic E-state index is 0.00544. The Morgan fingerprint density at radius 2 is 1.81 bits per heavy atom. The highest BCUT2D eigenvalue weighted by atomic mass is 35.5. The fourth-order valence-corrected chi connectivity index (χ4v) is 3.02. The standard InChI is InChI=1S/C19H17ClN4O2Si/c1-26-19(25)18-17(23)14(10-22)11-24(18)16-8-15(20)13(9-21)7-12(16)5-6-27(2,3)4/h7-8,11H,23H2,1-4H3. The number of nitrogens with zero attached hydrogens (tertiary/aromatic N) is 3. The van der Waals surface area contributed by atoms with Gasteiger partial charge in [0.15, 0.2) is 5.69 Å². The number of nitrogen functional groups attached to an aromatic ring is 1. The third-order valence-electron chi connectivity index (χ3n) is 3.58. The first-order valence-corrected chi connectivity index (χ1v) is 11.8. The number of esters is 1. The number of carbonyl (C=O) groups excluding carboxylic acids is 1. The molecule has 0 radical (unpaired) electrons. The molecule has 0 bridgehead atoms. The fourth-order valence-electron chi connectivity index (χ4n) is 2.31. The van der Waals surface area contributed by atoms with Crippen LogP contribution in [-0.4, -0.2) is 25.7 Å². The van der Waals surface area contributed by atoms with Crippen molar-refractivity contribution < 1.29 is 9.53 Å². The second-order valence-corrected chi connectivity index (χ2v) is 11.9. The molecule has 1 heterocycles. The lowest BCUT2D eigenvalue weighted by atomic mass is 10.1. The molecule has 1 aromatic heterocycles. The van der Waals surface area contributed by atoms with E-state index in [4.69, 9.17) is 22.1 Å². The minimum atomic E-state index is -1.71. The number of ether oxygens (including phenoxy) is 1. The van der Waals surface area contributed by atoms with Crippen LogP contribution < -0.4 is 5.73 Å². The number of anilines is 1. The number of nitrogens with two attached hydrogens (primary N) is 1. The molecule has 0 spiro atoms. The summed E-state index contributed by atoms with van der Waals surface area (Å²) in [4.78, 5) is 12.2. The molecule has 2 rings (SSSR count). The first kappa shape index (κ1) is 20.1. The van der Waals surface area contributed by atoms with Gasteiger partial charge in [-0.1, -0.05) is 37.2 Å². The van der Waals surface area contributed by atoms with Crippen LogP contribution in [0, 0.1) is 34.1 Å². The second kappa shape index (κ2) is 7.59. The lowest BCUT2D eigenvalue weighted by Gasteiger charge is -2.12. The zero-order chi connectivity index (χ0) is 20.4. The van der Waals surface area contributed by atoms with Crippen molar-refractivity contribution in [2.24, 2.45) is 0 Å². The van der Waals surface area contributed by atoms with E-state index in [1.54, 1.807) is 6.07 Å². The Labute approximate surface area is 163 Å².